The number of carbonyl (C=O) groups excluding carboxylic acids is 1. The quantitative estimate of drug-likeness (QED) is 0.503. The van der Waals surface area contributed by atoms with Crippen molar-refractivity contribution in [3.8, 4) is 28.1 Å². The van der Waals surface area contributed by atoms with E-state index < -0.39 is 6.36 Å². The molecule has 2 aromatic carbocycles. The monoisotopic (exact) mass is 461 g/mol. The third kappa shape index (κ3) is 4.49. The highest BCUT2D eigenvalue weighted by Gasteiger charge is 2.32. The molecule has 0 aliphatic carbocycles. The predicted molar refractivity (Wildman–Crippen MR) is 119 cm³/mol. The molecule has 0 bridgehead atoms. The zero-order chi connectivity index (χ0) is 22.9. The molecule has 3 N–H and O–H groups in total. The van der Waals surface area contributed by atoms with Crippen molar-refractivity contribution in [2.75, 3.05) is 19.3 Å². The summed E-state index contributed by atoms with van der Waals surface area (Å²) in [6, 6.07) is 15.3. The van der Waals surface area contributed by atoms with Crippen molar-refractivity contribution in [2.24, 2.45) is 5.73 Å². The zero-order valence-electron chi connectivity index (χ0n) is 17.3. The second-order valence-corrected chi connectivity index (χ2v) is 8.29. The van der Waals surface area contributed by atoms with Gasteiger partial charge in [0.1, 0.15) is 11.4 Å². The molecule has 1 atom stereocenters. The largest absolute Gasteiger partial charge is 0.573 e. The Morgan fingerprint density at radius 1 is 1.16 bits per heavy atom. The number of thioether (sulfide) groups is 1. The van der Waals surface area contributed by atoms with Crippen molar-refractivity contribution in [1.82, 2.24) is 9.88 Å². The molecule has 0 spiro atoms. The summed E-state index contributed by atoms with van der Waals surface area (Å²) in [5.41, 5.74) is 9.09. The molecule has 0 unspecified atom stereocenters. The predicted octanol–water partition coefficient (Wildman–Crippen LogP) is 5.08. The first-order chi connectivity index (χ1) is 15.3. The maximum Gasteiger partial charge on any atom is 0.573 e. The number of benzene rings is 2. The first kappa shape index (κ1) is 22.3. The van der Waals surface area contributed by atoms with Crippen LogP contribution in [0, 0.1) is 0 Å². The van der Waals surface area contributed by atoms with Crippen LogP contribution in [0.1, 0.15) is 23.0 Å². The third-order valence-corrected chi connectivity index (χ3v) is 6.12. The van der Waals surface area contributed by atoms with E-state index in [9.17, 15) is 18.0 Å². The van der Waals surface area contributed by atoms with E-state index in [0.29, 0.717) is 36.3 Å². The maximum atomic E-state index is 12.8. The number of hydrogen-bond donors (Lipinski definition) is 2. The fraction of sp³-hybridized carbons (Fsp3) is 0.261. The van der Waals surface area contributed by atoms with Crippen LogP contribution in [0.2, 0.25) is 0 Å². The minimum Gasteiger partial charge on any atom is -0.406 e. The number of alkyl halides is 3. The molecule has 5 nitrogen and oxygen atoms in total. The highest BCUT2D eigenvalue weighted by molar-refractivity contribution is 7.98. The third-order valence-electron chi connectivity index (χ3n) is 5.37. The van der Waals surface area contributed by atoms with Gasteiger partial charge in [-0.3, -0.25) is 4.79 Å². The summed E-state index contributed by atoms with van der Waals surface area (Å²) < 4.78 is 44.4. The van der Waals surface area contributed by atoms with E-state index >= 15 is 0 Å². The van der Waals surface area contributed by atoms with E-state index in [1.165, 1.54) is 18.2 Å². The molecule has 1 aromatic heterocycles. The number of nitrogens with two attached hydrogens (primary N) is 1. The summed E-state index contributed by atoms with van der Waals surface area (Å²) in [6.07, 6.45) is -2.16. The highest BCUT2D eigenvalue weighted by atomic mass is 32.2. The van der Waals surface area contributed by atoms with E-state index in [1.54, 1.807) is 23.9 Å². The van der Waals surface area contributed by atoms with Gasteiger partial charge in [-0.2, -0.15) is 0 Å². The van der Waals surface area contributed by atoms with Gasteiger partial charge in [0, 0.05) is 17.0 Å². The van der Waals surface area contributed by atoms with Crippen LogP contribution in [-0.4, -0.2) is 36.2 Å². The molecular weight excluding hydrogens is 439 g/mol. The van der Waals surface area contributed by atoms with Crippen molar-refractivity contribution in [3.63, 3.8) is 0 Å². The Bertz CT molecular complexity index is 1130. The number of nitrogens with one attached hydrogen (secondary N) is 1. The molecule has 0 saturated heterocycles. The summed E-state index contributed by atoms with van der Waals surface area (Å²) in [5.74, 6) is -0.542. The first-order valence-electron chi connectivity index (χ1n) is 10.0. The average molecular weight is 462 g/mol. The Morgan fingerprint density at radius 2 is 1.91 bits per heavy atom. The van der Waals surface area contributed by atoms with Crippen LogP contribution in [0.25, 0.3) is 22.4 Å². The first-order valence-corrected chi connectivity index (χ1v) is 11.3. The lowest BCUT2D eigenvalue weighted by Gasteiger charge is -2.28. The molecule has 0 saturated carbocycles. The second kappa shape index (κ2) is 8.91. The molecule has 0 radical (unpaired) electrons. The molecule has 1 aliphatic rings. The second-order valence-electron chi connectivity index (χ2n) is 7.41. The van der Waals surface area contributed by atoms with Crippen molar-refractivity contribution in [1.29, 1.82) is 0 Å². The lowest BCUT2D eigenvalue weighted by molar-refractivity contribution is -0.274. The number of fused-ring (bicyclic) bond motifs is 1. The normalized spacial score (nSPS) is 15.9. The van der Waals surface area contributed by atoms with Crippen molar-refractivity contribution >= 4 is 17.7 Å². The number of aromatic nitrogens is 1. The van der Waals surface area contributed by atoms with Gasteiger partial charge >= 0.3 is 6.36 Å². The van der Waals surface area contributed by atoms with Crippen LogP contribution >= 0.6 is 11.8 Å². The fourth-order valence-corrected chi connectivity index (χ4v) is 4.43. The molecule has 2 heterocycles. The Morgan fingerprint density at radius 3 is 2.56 bits per heavy atom. The van der Waals surface area contributed by atoms with Gasteiger partial charge in [-0.05, 0) is 60.7 Å². The van der Waals surface area contributed by atoms with Gasteiger partial charge in [0.15, 0.2) is 0 Å². The van der Waals surface area contributed by atoms with Crippen LogP contribution in [0.4, 0.5) is 13.2 Å². The van der Waals surface area contributed by atoms with Crippen molar-refractivity contribution in [3.05, 3.63) is 60.3 Å². The standard InChI is InChI=1S/C23H22F3N3O2S/c1-32-18-7-5-14(6-8-18)21-19(15-3-2-4-17(11-15)31-23(24,25)26)12-20-22(30)28-13-16(9-10-27)29(20)21/h2-8,11-12,16H,9-10,13,27H2,1H3,(H,28,30)/t16-/m0/s1. The van der Waals surface area contributed by atoms with Crippen LogP contribution in [-0.2, 0) is 0 Å². The van der Waals surface area contributed by atoms with E-state index in [-0.39, 0.29) is 17.7 Å². The molecule has 0 fully saturated rings. The zero-order valence-corrected chi connectivity index (χ0v) is 18.1. The molecule has 1 aliphatic heterocycles. The smallest absolute Gasteiger partial charge is 0.406 e. The topological polar surface area (TPSA) is 69.3 Å². The summed E-state index contributed by atoms with van der Waals surface area (Å²) in [4.78, 5) is 13.8. The summed E-state index contributed by atoms with van der Waals surface area (Å²) in [5, 5.41) is 2.89. The van der Waals surface area contributed by atoms with Gasteiger partial charge in [-0.25, -0.2) is 0 Å². The van der Waals surface area contributed by atoms with E-state index in [0.717, 1.165) is 16.2 Å². The minimum absolute atomic E-state index is 0.0636. The van der Waals surface area contributed by atoms with Gasteiger partial charge < -0.3 is 20.4 Å². The van der Waals surface area contributed by atoms with E-state index in [1.807, 2.05) is 35.1 Å². The fourth-order valence-electron chi connectivity index (χ4n) is 4.02. The summed E-state index contributed by atoms with van der Waals surface area (Å²) >= 11 is 1.61. The van der Waals surface area contributed by atoms with Crippen LogP contribution in [0.5, 0.6) is 5.75 Å². The average Bonchev–Trinajstić information content (AvgIpc) is 3.17. The van der Waals surface area contributed by atoms with Gasteiger partial charge in [-0.15, -0.1) is 24.9 Å². The summed E-state index contributed by atoms with van der Waals surface area (Å²) in [6.45, 7) is 0.873. The van der Waals surface area contributed by atoms with Crippen LogP contribution in [0.3, 0.4) is 0 Å². The molecule has 168 valence electrons. The van der Waals surface area contributed by atoms with E-state index in [2.05, 4.69) is 10.1 Å². The number of amides is 1. The van der Waals surface area contributed by atoms with Gasteiger partial charge in [-0.1, -0.05) is 24.3 Å². The Labute approximate surface area is 187 Å². The molecular formula is C23H22F3N3O2S. The Hall–Kier alpha value is -2.91. The number of carbonyl (C=O) groups is 1. The molecule has 4 rings (SSSR count). The highest BCUT2D eigenvalue weighted by Crippen LogP contribution is 2.41. The number of halogens is 3. The van der Waals surface area contributed by atoms with Crippen molar-refractivity contribution < 1.29 is 22.7 Å². The van der Waals surface area contributed by atoms with Gasteiger partial charge in [0.25, 0.3) is 5.91 Å². The maximum absolute atomic E-state index is 12.8. The number of ether oxygens (including phenoxy) is 1. The Balaban J connectivity index is 1.92. The van der Waals surface area contributed by atoms with Gasteiger partial charge in [0.2, 0.25) is 0 Å². The lowest BCUT2D eigenvalue weighted by Crippen LogP contribution is -2.39. The molecule has 32 heavy (non-hydrogen) atoms. The van der Waals surface area contributed by atoms with Crippen molar-refractivity contribution in [2.45, 2.75) is 23.7 Å². The van der Waals surface area contributed by atoms with Crippen LogP contribution in [0.15, 0.2) is 59.5 Å². The number of hydrogen-bond acceptors (Lipinski definition) is 4. The SMILES string of the molecule is CSc1ccc(-c2c(-c3cccc(OC(F)(F)F)c3)cc3n2[C@@H](CCN)CNC3=O)cc1. The molecule has 1 amide bonds. The minimum atomic E-state index is -4.79. The lowest BCUT2D eigenvalue weighted by atomic mass is 10.0. The van der Waals surface area contributed by atoms with Crippen LogP contribution < -0.4 is 15.8 Å². The van der Waals surface area contributed by atoms with Gasteiger partial charge in [0.05, 0.1) is 11.7 Å². The number of nitrogens with zero attached hydrogens (tertiary/aromatic N) is 1. The molecule has 9 heteroatoms. The van der Waals surface area contributed by atoms with E-state index in [4.69, 9.17) is 5.73 Å². The Kier molecular flexibility index (Phi) is 6.21. The summed E-state index contributed by atoms with van der Waals surface area (Å²) in [7, 11) is 0. The number of rotatable bonds is 6. The molecule has 3 aromatic rings.